The zero-order valence-corrected chi connectivity index (χ0v) is 11.9. The maximum absolute atomic E-state index is 6.07. The van der Waals surface area contributed by atoms with Crippen molar-refractivity contribution in [1.29, 1.82) is 0 Å². The fourth-order valence-corrected chi connectivity index (χ4v) is 1.97. The highest BCUT2D eigenvalue weighted by Gasteiger charge is 2.00. The first-order valence-corrected chi connectivity index (χ1v) is 6.73. The molecule has 4 heteroatoms. The van der Waals surface area contributed by atoms with Crippen LogP contribution in [0.4, 0.5) is 0 Å². The SMILES string of the molecule is CC(C)NCCCNCc1ccc(Cl)cc1Cl. The van der Waals surface area contributed by atoms with Crippen LogP contribution in [-0.2, 0) is 6.54 Å². The van der Waals surface area contributed by atoms with E-state index in [2.05, 4.69) is 24.5 Å². The lowest BCUT2D eigenvalue weighted by Gasteiger charge is -2.09. The molecule has 1 rings (SSSR count). The topological polar surface area (TPSA) is 24.1 Å². The normalized spacial score (nSPS) is 11.1. The molecule has 2 nitrogen and oxygen atoms in total. The summed E-state index contributed by atoms with van der Waals surface area (Å²) >= 11 is 11.9. The van der Waals surface area contributed by atoms with Crippen LogP contribution in [0.1, 0.15) is 25.8 Å². The van der Waals surface area contributed by atoms with Crippen molar-refractivity contribution >= 4 is 23.2 Å². The van der Waals surface area contributed by atoms with Gasteiger partial charge in [0.2, 0.25) is 0 Å². The monoisotopic (exact) mass is 274 g/mol. The minimum Gasteiger partial charge on any atom is -0.314 e. The van der Waals surface area contributed by atoms with Gasteiger partial charge in [-0.3, -0.25) is 0 Å². The van der Waals surface area contributed by atoms with E-state index in [1.165, 1.54) is 0 Å². The third kappa shape index (κ3) is 6.27. The van der Waals surface area contributed by atoms with E-state index in [-0.39, 0.29) is 0 Å². The van der Waals surface area contributed by atoms with Crippen LogP contribution in [0.3, 0.4) is 0 Å². The van der Waals surface area contributed by atoms with Crippen LogP contribution in [0, 0.1) is 0 Å². The molecular formula is C13H20Cl2N2. The predicted molar refractivity (Wildman–Crippen MR) is 75.9 cm³/mol. The third-order valence-corrected chi connectivity index (χ3v) is 3.00. The molecule has 0 aliphatic carbocycles. The molecule has 0 spiro atoms. The highest BCUT2D eigenvalue weighted by Crippen LogP contribution is 2.20. The zero-order chi connectivity index (χ0) is 12.7. The Morgan fingerprint density at radius 2 is 1.94 bits per heavy atom. The van der Waals surface area contributed by atoms with Gasteiger partial charge in [0, 0.05) is 22.6 Å². The molecule has 0 heterocycles. The maximum Gasteiger partial charge on any atom is 0.0465 e. The van der Waals surface area contributed by atoms with Gasteiger partial charge in [-0.05, 0) is 37.2 Å². The third-order valence-electron chi connectivity index (χ3n) is 2.41. The molecule has 1 aromatic carbocycles. The summed E-state index contributed by atoms with van der Waals surface area (Å²) in [6, 6.07) is 6.16. The molecule has 0 aromatic heterocycles. The van der Waals surface area contributed by atoms with E-state index in [0.717, 1.165) is 36.6 Å². The Morgan fingerprint density at radius 1 is 1.18 bits per heavy atom. The Morgan fingerprint density at radius 3 is 2.59 bits per heavy atom. The van der Waals surface area contributed by atoms with Crippen molar-refractivity contribution < 1.29 is 0 Å². The number of nitrogens with one attached hydrogen (secondary N) is 2. The van der Waals surface area contributed by atoms with Crippen molar-refractivity contribution in [3.63, 3.8) is 0 Å². The molecule has 0 saturated heterocycles. The van der Waals surface area contributed by atoms with Crippen molar-refractivity contribution in [2.45, 2.75) is 32.9 Å². The van der Waals surface area contributed by atoms with Crippen LogP contribution in [0.5, 0.6) is 0 Å². The van der Waals surface area contributed by atoms with E-state index in [1.807, 2.05) is 12.1 Å². The maximum atomic E-state index is 6.07. The fraction of sp³-hybridized carbons (Fsp3) is 0.538. The standard InChI is InChI=1S/C13H20Cl2N2/c1-10(2)17-7-3-6-16-9-11-4-5-12(14)8-13(11)15/h4-5,8,10,16-17H,3,6-7,9H2,1-2H3. The number of halogens is 2. The van der Waals surface area contributed by atoms with Crippen LogP contribution >= 0.6 is 23.2 Å². The quantitative estimate of drug-likeness (QED) is 0.744. The summed E-state index contributed by atoms with van der Waals surface area (Å²) in [6.07, 6.45) is 1.11. The molecule has 0 fully saturated rings. The first kappa shape index (κ1) is 14.8. The summed E-state index contributed by atoms with van der Waals surface area (Å²) in [5.41, 5.74) is 1.09. The van der Waals surface area contributed by atoms with Gasteiger partial charge in [0.15, 0.2) is 0 Å². The Balaban J connectivity index is 2.18. The van der Waals surface area contributed by atoms with Gasteiger partial charge in [-0.1, -0.05) is 43.1 Å². The van der Waals surface area contributed by atoms with Crippen molar-refractivity contribution in [3.8, 4) is 0 Å². The smallest absolute Gasteiger partial charge is 0.0465 e. The molecule has 0 unspecified atom stereocenters. The van der Waals surface area contributed by atoms with Gasteiger partial charge in [-0.2, -0.15) is 0 Å². The molecule has 1 aromatic rings. The molecule has 17 heavy (non-hydrogen) atoms. The van der Waals surface area contributed by atoms with E-state index in [1.54, 1.807) is 6.07 Å². The van der Waals surface area contributed by atoms with Gasteiger partial charge >= 0.3 is 0 Å². The first-order valence-electron chi connectivity index (χ1n) is 5.97. The average molecular weight is 275 g/mol. The van der Waals surface area contributed by atoms with E-state index in [9.17, 15) is 0 Å². The Hall–Kier alpha value is -0.280. The van der Waals surface area contributed by atoms with E-state index in [0.29, 0.717) is 11.1 Å². The lowest BCUT2D eigenvalue weighted by molar-refractivity contribution is 0.547. The Bertz CT molecular complexity index is 340. The molecule has 96 valence electrons. The molecular weight excluding hydrogens is 255 g/mol. The van der Waals surface area contributed by atoms with Crippen LogP contribution in [-0.4, -0.2) is 19.1 Å². The summed E-state index contributed by atoms with van der Waals surface area (Å²) in [4.78, 5) is 0. The van der Waals surface area contributed by atoms with Crippen LogP contribution in [0.15, 0.2) is 18.2 Å². The van der Waals surface area contributed by atoms with Gasteiger partial charge in [-0.15, -0.1) is 0 Å². The molecule has 0 bridgehead atoms. The Kier molecular flexibility index (Phi) is 6.90. The van der Waals surface area contributed by atoms with Crippen molar-refractivity contribution in [3.05, 3.63) is 33.8 Å². The molecule has 0 atom stereocenters. The van der Waals surface area contributed by atoms with Crippen LogP contribution < -0.4 is 10.6 Å². The van der Waals surface area contributed by atoms with Crippen molar-refractivity contribution in [1.82, 2.24) is 10.6 Å². The van der Waals surface area contributed by atoms with Gasteiger partial charge in [0.05, 0.1) is 0 Å². The summed E-state index contributed by atoms with van der Waals surface area (Å²) in [7, 11) is 0. The minimum absolute atomic E-state index is 0.556. The fourth-order valence-electron chi connectivity index (χ4n) is 1.49. The summed E-state index contributed by atoms with van der Waals surface area (Å²) in [6.45, 7) is 7.12. The number of rotatable bonds is 7. The predicted octanol–water partition coefficient (Wildman–Crippen LogP) is 3.47. The van der Waals surface area contributed by atoms with E-state index < -0.39 is 0 Å². The van der Waals surface area contributed by atoms with E-state index >= 15 is 0 Å². The lowest BCUT2D eigenvalue weighted by Crippen LogP contribution is -2.26. The average Bonchev–Trinajstić information content (AvgIpc) is 2.25. The molecule has 0 radical (unpaired) electrons. The van der Waals surface area contributed by atoms with Crippen molar-refractivity contribution in [2.75, 3.05) is 13.1 Å². The summed E-state index contributed by atoms with van der Waals surface area (Å²) in [5.74, 6) is 0. The molecule has 0 aliphatic rings. The van der Waals surface area contributed by atoms with Gasteiger partial charge in [-0.25, -0.2) is 0 Å². The minimum atomic E-state index is 0.556. The van der Waals surface area contributed by atoms with Gasteiger partial charge < -0.3 is 10.6 Å². The number of hydrogen-bond acceptors (Lipinski definition) is 2. The lowest BCUT2D eigenvalue weighted by atomic mass is 10.2. The molecule has 0 saturated carbocycles. The van der Waals surface area contributed by atoms with Gasteiger partial charge in [0.25, 0.3) is 0 Å². The highest BCUT2D eigenvalue weighted by molar-refractivity contribution is 6.35. The van der Waals surface area contributed by atoms with Crippen LogP contribution in [0.2, 0.25) is 10.0 Å². The largest absolute Gasteiger partial charge is 0.314 e. The van der Waals surface area contributed by atoms with Crippen molar-refractivity contribution in [2.24, 2.45) is 0 Å². The van der Waals surface area contributed by atoms with Gasteiger partial charge in [0.1, 0.15) is 0 Å². The van der Waals surface area contributed by atoms with E-state index in [4.69, 9.17) is 23.2 Å². The first-order chi connectivity index (χ1) is 8.09. The zero-order valence-electron chi connectivity index (χ0n) is 10.4. The second-order valence-corrected chi connectivity index (χ2v) is 5.22. The van der Waals surface area contributed by atoms with Crippen LogP contribution in [0.25, 0.3) is 0 Å². The highest BCUT2D eigenvalue weighted by atomic mass is 35.5. The second kappa shape index (κ2) is 7.93. The Labute approximate surface area is 114 Å². The molecule has 2 N–H and O–H groups in total. The number of hydrogen-bond donors (Lipinski definition) is 2. The second-order valence-electron chi connectivity index (χ2n) is 4.37. The summed E-state index contributed by atoms with van der Waals surface area (Å²) in [5, 5.41) is 8.16. The molecule has 0 aliphatic heterocycles. The molecule has 0 amide bonds. The summed E-state index contributed by atoms with van der Waals surface area (Å²) < 4.78 is 0. The number of benzene rings is 1.